The predicted molar refractivity (Wildman–Crippen MR) is 97.0 cm³/mol. The van der Waals surface area contributed by atoms with Gasteiger partial charge < -0.3 is 19.9 Å². The molecule has 0 saturated carbocycles. The summed E-state index contributed by atoms with van der Waals surface area (Å²) < 4.78 is 47.6. The van der Waals surface area contributed by atoms with E-state index in [1.54, 1.807) is 24.3 Å². The number of benzene rings is 2. The molecular formula is C20H20F3NO5. The van der Waals surface area contributed by atoms with Gasteiger partial charge in [-0.2, -0.15) is 13.2 Å². The summed E-state index contributed by atoms with van der Waals surface area (Å²) in [5, 5.41) is 12.5. The standard InChI is InChI=1S/C20H20F3NO5/c1-28-15-9-3-12(4-10-15)11-16(19(27)29-2)24-18(26)17(25)13-5-7-14(8-6-13)20(21,22)23/h3-10,16-17,25H,11H2,1-2H3,(H,24,26)/t16-,17-/m1/s1. The fourth-order valence-electron chi connectivity index (χ4n) is 2.59. The van der Waals surface area contributed by atoms with E-state index in [0.717, 1.165) is 31.4 Å². The summed E-state index contributed by atoms with van der Waals surface area (Å²) >= 11 is 0. The molecule has 0 bridgehead atoms. The highest BCUT2D eigenvalue weighted by Crippen LogP contribution is 2.30. The number of esters is 1. The summed E-state index contributed by atoms with van der Waals surface area (Å²) in [7, 11) is 2.66. The van der Waals surface area contributed by atoms with Crippen molar-refractivity contribution in [1.29, 1.82) is 0 Å². The van der Waals surface area contributed by atoms with Gasteiger partial charge in [0.15, 0.2) is 6.10 Å². The Morgan fingerprint density at radius 1 is 1.03 bits per heavy atom. The molecule has 6 nitrogen and oxygen atoms in total. The predicted octanol–water partition coefficient (Wildman–Crippen LogP) is 2.65. The van der Waals surface area contributed by atoms with E-state index in [9.17, 15) is 27.9 Å². The lowest BCUT2D eigenvalue weighted by atomic mass is 10.0. The second-order valence-electron chi connectivity index (χ2n) is 6.16. The highest BCUT2D eigenvalue weighted by molar-refractivity contribution is 5.87. The summed E-state index contributed by atoms with van der Waals surface area (Å²) in [6.07, 6.45) is -6.19. The van der Waals surface area contributed by atoms with E-state index < -0.39 is 35.8 Å². The first-order valence-electron chi connectivity index (χ1n) is 8.52. The summed E-state index contributed by atoms with van der Waals surface area (Å²) in [6.45, 7) is 0. The monoisotopic (exact) mass is 411 g/mol. The molecule has 0 heterocycles. The Labute approximate surface area is 165 Å². The number of hydrogen-bond donors (Lipinski definition) is 2. The largest absolute Gasteiger partial charge is 0.497 e. The SMILES string of the molecule is COC(=O)[C@@H](Cc1ccc(OC)cc1)NC(=O)[C@H](O)c1ccc(C(F)(F)F)cc1. The van der Waals surface area contributed by atoms with Crippen LogP contribution < -0.4 is 10.1 Å². The van der Waals surface area contributed by atoms with Crippen LogP contribution in [0.5, 0.6) is 5.75 Å². The van der Waals surface area contributed by atoms with Crippen LogP contribution in [0.1, 0.15) is 22.8 Å². The average molecular weight is 411 g/mol. The van der Waals surface area contributed by atoms with Gasteiger partial charge in [0, 0.05) is 6.42 Å². The maximum absolute atomic E-state index is 12.6. The molecule has 29 heavy (non-hydrogen) atoms. The Balaban J connectivity index is 2.10. The Bertz CT molecular complexity index is 835. The highest BCUT2D eigenvalue weighted by atomic mass is 19.4. The van der Waals surface area contributed by atoms with Crippen LogP contribution in [-0.2, 0) is 26.9 Å². The molecule has 0 saturated heterocycles. The Kier molecular flexibility index (Phi) is 7.22. The molecule has 2 N–H and O–H groups in total. The molecule has 2 aromatic rings. The lowest BCUT2D eigenvalue weighted by Crippen LogP contribution is -2.45. The first kappa shape index (κ1) is 22.2. The van der Waals surface area contributed by atoms with E-state index in [0.29, 0.717) is 11.3 Å². The van der Waals surface area contributed by atoms with Crippen LogP contribution in [0.3, 0.4) is 0 Å². The number of rotatable bonds is 7. The van der Waals surface area contributed by atoms with Crippen molar-refractivity contribution in [2.45, 2.75) is 24.7 Å². The summed E-state index contributed by atoms with van der Waals surface area (Å²) in [5.74, 6) is -1.05. The van der Waals surface area contributed by atoms with Crippen molar-refractivity contribution in [3.63, 3.8) is 0 Å². The molecule has 0 radical (unpaired) electrons. The van der Waals surface area contributed by atoms with Crippen LogP contribution >= 0.6 is 0 Å². The third-order valence-corrected chi connectivity index (χ3v) is 4.20. The maximum Gasteiger partial charge on any atom is 0.416 e. The number of aliphatic hydroxyl groups excluding tert-OH is 1. The average Bonchev–Trinajstić information content (AvgIpc) is 2.72. The van der Waals surface area contributed by atoms with Crippen LogP contribution in [0.15, 0.2) is 48.5 Å². The molecule has 0 aliphatic rings. The van der Waals surface area contributed by atoms with Gasteiger partial charge in [0.2, 0.25) is 0 Å². The molecule has 0 aliphatic heterocycles. The molecule has 9 heteroatoms. The fraction of sp³-hybridized carbons (Fsp3) is 0.300. The van der Waals surface area contributed by atoms with E-state index in [1.807, 2.05) is 0 Å². The number of nitrogens with one attached hydrogen (secondary N) is 1. The zero-order valence-electron chi connectivity index (χ0n) is 15.7. The number of carbonyl (C=O) groups is 2. The lowest BCUT2D eigenvalue weighted by Gasteiger charge is -2.19. The third kappa shape index (κ3) is 5.95. The molecule has 2 aromatic carbocycles. The van der Waals surface area contributed by atoms with Crippen molar-refractivity contribution in [3.05, 3.63) is 65.2 Å². The van der Waals surface area contributed by atoms with E-state index in [2.05, 4.69) is 10.1 Å². The fourth-order valence-corrected chi connectivity index (χ4v) is 2.59. The zero-order valence-corrected chi connectivity index (χ0v) is 15.7. The Hall–Kier alpha value is -3.07. The van der Waals surface area contributed by atoms with Gasteiger partial charge >= 0.3 is 12.1 Å². The smallest absolute Gasteiger partial charge is 0.416 e. The Morgan fingerprint density at radius 2 is 1.62 bits per heavy atom. The molecule has 156 valence electrons. The molecule has 2 atom stereocenters. The van der Waals surface area contributed by atoms with Crippen LogP contribution in [0.25, 0.3) is 0 Å². The molecular weight excluding hydrogens is 391 g/mol. The third-order valence-electron chi connectivity index (χ3n) is 4.20. The molecule has 1 amide bonds. The maximum atomic E-state index is 12.6. The summed E-state index contributed by atoms with van der Waals surface area (Å²) in [4.78, 5) is 24.4. The molecule has 0 aromatic heterocycles. The van der Waals surface area contributed by atoms with Gasteiger partial charge in [0.1, 0.15) is 11.8 Å². The van der Waals surface area contributed by atoms with Gasteiger partial charge in [-0.1, -0.05) is 24.3 Å². The number of halogens is 3. The van der Waals surface area contributed by atoms with Gasteiger partial charge in [0.05, 0.1) is 19.8 Å². The minimum absolute atomic E-state index is 0.0384. The van der Waals surface area contributed by atoms with E-state index in [4.69, 9.17) is 4.74 Å². The molecule has 0 aliphatic carbocycles. The van der Waals surface area contributed by atoms with Crippen molar-refractivity contribution in [2.75, 3.05) is 14.2 Å². The van der Waals surface area contributed by atoms with Crippen LogP contribution in [-0.4, -0.2) is 37.2 Å². The molecule has 2 rings (SSSR count). The zero-order chi connectivity index (χ0) is 21.6. The van der Waals surface area contributed by atoms with Gasteiger partial charge in [-0.15, -0.1) is 0 Å². The molecule has 0 unspecified atom stereocenters. The van der Waals surface area contributed by atoms with Gasteiger partial charge in [0.25, 0.3) is 5.91 Å². The number of methoxy groups -OCH3 is 2. The van der Waals surface area contributed by atoms with Crippen molar-refractivity contribution < 1.29 is 37.3 Å². The molecule has 0 fully saturated rings. The van der Waals surface area contributed by atoms with Gasteiger partial charge in [-0.25, -0.2) is 4.79 Å². The van der Waals surface area contributed by atoms with Crippen LogP contribution in [0, 0.1) is 0 Å². The van der Waals surface area contributed by atoms with Crippen molar-refractivity contribution in [1.82, 2.24) is 5.32 Å². The number of carbonyl (C=O) groups excluding carboxylic acids is 2. The second kappa shape index (κ2) is 9.42. The second-order valence-corrected chi connectivity index (χ2v) is 6.16. The minimum atomic E-state index is -4.53. The minimum Gasteiger partial charge on any atom is -0.497 e. The van der Waals surface area contributed by atoms with Gasteiger partial charge in [-0.05, 0) is 35.4 Å². The first-order valence-corrected chi connectivity index (χ1v) is 8.52. The Morgan fingerprint density at radius 3 is 2.10 bits per heavy atom. The van der Waals surface area contributed by atoms with Crippen molar-refractivity contribution >= 4 is 11.9 Å². The normalized spacial score (nSPS) is 13.3. The topological polar surface area (TPSA) is 84.9 Å². The number of ether oxygens (including phenoxy) is 2. The van der Waals surface area contributed by atoms with Crippen LogP contribution in [0.2, 0.25) is 0 Å². The van der Waals surface area contributed by atoms with Gasteiger partial charge in [-0.3, -0.25) is 4.79 Å². The number of aliphatic hydroxyl groups is 1. The summed E-state index contributed by atoms with van der Waals surface area (Å²) in [6, 6.07) is 9.21. The molecule has 0 spiro atoms. The first-order chi connectivity index (χ1) is 13.7. The number of hydrogen-bond acceptors (Lipinski definition) is 5. The highest BCUT2D eigenvalue weighted by Gasteiger charge is 2.31. The van der Waals surface area contributed by atoms with Crippen molar-refractivity contribution in [2.24, 2.45) is 0 Å². The van der Waals surface area contributed by atoms with E-state index in [-0.39, 0.29) is 12.0 Å². The van der Waals surface area contributed by atoms with E-state index >= 15 is 0 Å². The van der Waals surface area contributed by atoms with Crippen LogP contribution in [0.4, 0.5) is 13.2 Å². The quantitative estimate of drug-likeness (QED) is 0.685. The van der Waals surface area contributed by atoms with Crippen molar-refractivity contribution in [3.8, 4) is 5.75 Å². The number of amides is 1. The number of alkyl halides is 3. The lowest BCUT2D eigenvalue weighted by molar-refractivity contribution is -0.146. The summed E-state index contributed by atoms with van der Waals surface area (Å²) in [5.41, 5.74) is -0.241. The van der Waals surface area contributed by atoms with E-state index in [1.165, 1.54) is 7.11 Å².